The number of fused-ring (bicyclic) bond motifs is 1. The number of amides is 2. The van der Waals surface area contributed by atoms with Crippen LogP contribution in [-0.2, 0) is 0 Å². The smallest absolute Gasteiger partial charge is 0.324 e. The number of urea groups is 1. The Balaban J connectivity index is 1.22. The number of hydrogen-bond donors (Lipinski definition) is 0. The van der Waals surface area contributed by atoms with E-state index in [-0.39, 0.29) is 11.4 Å². The summed E-state index contributed by atoms with van der Waals surface area (Å²) in [6.45, 7) is 3.76. The third kappa shape index (κ3) is 2.91. The van der Waals surface area contributed by atoms with Crippen molar-refractivity contribution in [1.29, 1.82) is 0 Å². The molecule has 0 aliphatic carbocycles. The van der Waals surface area contributed by atoms with Crippen LogP contribution in [0.15, 0.2) is 35.5 Å². The molecule has 4 heterocycles. The van der Waals surface area contributed by atoms with Crippen LogP contribution in [0.4, 0.5) is 20.8 Å². The van der Waals surface area contributed by atoms with Crippen LogP contribution in [0.25, 0.3) is 0 Å². The van der Waals surface area contributed by atoms with Crippen molar-refractivity contribution in [1.82, 2.24) is 14.9 Å². The van der Waals surface area contributed by atoms with Crippen molar-refractivity contribution in [2.45, 2.75) is 4.90 Å². The van der Waals surface area contributed by atoms with Crippen LogP contribution in [0.1, 0.15) is 0 Å². The first-order valence-electron chi connectivity index (χ1n) is 8.74. The molecule has 1 spiro atoms. The third-order valence-corrected chi connectivity index (χ3v) is 6.54. The minimum absolute atomic E-state index is 0.0565. The maximum Gasteiger partial charge on any atom is 0.324 e. The minimum Gasteiger partial charge on any atom is -0.339 e. The molecule has 0 N–H and O–H groups in total. The van der Waals surface area contributed by atoms with Crippen LogP contribution in [0.3, 0.4) is 0 Å². The second-order valence-corrected chi connectivity index (χ2v) is 8.88. The zero-order chi connectivity index (χ0) is 18.6. The Morgan fingerprint density at radius 3 is 2.67 bits per heavy atom. The van der Waals surface area contributed by atoms with E-state index in [1.165, 1.54) is 12.4 Å². The number of hydrogen-bond acceptors (Lipinski definition) is 5. The quantitative estimate of drug-likeness (QED) is 0.729. The van der Waals surface area contributed by atoms with Gasteiger partial charge in [0.15, 0.2) is 5.82 Å². The van der Waals surface area contributed by atoms with Gasteiger partial charge >= 0.3 is 6.03 Å². The maximum absolute atomic E-state index is 13.0. The molecule has 0 radical (unpaired) electrons. The average Bonchev–Trinajstić information content (AvgIpc) is 2.59. The number of halogens is 2. The lowest BCUT2D eigenvalue weighted by Crippen LogP contribution is -2.74. The topological polar surface area (TPSA) is 52.6 Å². The molecule has 27 heavy (non-hydrogen) atoms. The summed E-state index contributed by atoms with van der Waals surface area (Å²) < 4.78 is 12.9. The second-order valence-electron chi connectivity index (χ2n) is 7.31. The largest absolute Gasteiger partial charge is 0.339 e. The predicted octanol–water partition coefficient (Wildman–Crippen LogP) is 3.12. The number of carbonyl (C=O) groups excluding carboxylic acids is 1. The Labute approximate surface area is 165 Å². The molecular formula is C18H17ClFN5OS. The van der Waals surface area contributed by atoms with Crippen molar-refractivity contribution in [2.75, 3.05) is 48.3 Å². The fraction of sp³-hybridized carbons (Fsp3) is 0.389. The maximum atomic E-state index is 13.0. The number of nitrogens with zero attached hydrogens (tertiary/aromatic N) is 5. The van der Waals surface area contributed by atoms with Crippen LogP contribution >= 0.6 is 23.4 Å². The molecule has 0 unspecified atom stereocenters. The van der Waals surface area contributed by atoms with E-state index in [0.29, 0.717) is 17.5 Å². The lowest BCUT2D eigenvalue weighted by atomic mass is 9.73. The number of aromatic nitrogens is 2. The number of anilines is 2. The molecule has 140 valence electrons. The van der Waals surface area contributed by atoms with Gasteiger partial charge in [-0.3, -0.25) is 4.90 Å². The number of thioether (sulfide) groups is 1. The van der Waals surface area contributed by atoms with Gasteiger partial charge in [0.1, 0.15) is 0 Å². The standard InChI is InChI=1S/C18H17ClFN5OS/c19-12-1-2-14-15(5-12)27-4-3-25(14)17(26)24-10-18(11-24)8-23(9-18)16-21-6-13(20)7-22-16/h1-2,5-7H,3-4,8-11H2. The summed E-state index contributed by atoms with van der Waals surface area (Å²) in [6, 6.07) is 5.73. The van der Waals surface area contributed by atoms with Crippen LogP contribution < -0.4 is 9.80 Å². The van der Waals surface area contributed by atoms with E-state index >= 15 is 0 Å². The molecule has 2 fully saturated rings. The first-order chi connectivity index (χ1) is 13.0. The molecule has 2 aromatic rings. The molecule has 1 aromatic carbocycles. The van der Waals surface area contributed by atoms with Gasteiger partial charge in [0.05, 0.1) is 18.1 Å². The Morgan fingerprint density at radius 1 is 1.19 bits per heavy atom. The molecule has 0 bridgehead atoms. The number of rotatable bonds is 1. The second kappa shape index (κ2) is 6.24. The molecule has 1 aromatic heterocycles. The molecule has 3 aliphatic rings. The Morgan fingerprint density at radius 2 is 1.93 bits per heavy atom. The number of carbonyl (C=O) groups is 1. The molecule has 2 saturated heterocycles. The molecule has 0 atom stereocenters. The van der Waals surface area contributed by atoms with Crippen molar-refractivity contribution >= 4 is 41.0 Å². The van der Waals surface area contributed by atoms with E-state index in [4.69, 9.17) is 11.6 Å². The van der Waals surface area contributed by atoms with Crippen molar-refractivity contribution in [3.05, 3.63) is 41.4 Å². The molecular weight excluding hydrogens is 389 g/mol. The summed E-state index contributed by atoms with van der Waals surface area (Å²) in [6.07, 6.45) is 2.37. The third-order valence-electron chi connectivity index (χ3n) is 5.28. The van der Waals surface area contributed by atoms with Crippen LogP contribution in [0.2, 0.25) is 5.02 Å². The fourth-order valence-electron chi connectivity index (χ4n) is 4.04. The lowest BCUT2D eigenvalue weighted by molar-refractivity contribution is 0.00925. The van der Waals surface area contributed by atoms with Gasteiger partial charge in [-0.1, -0.05) is 11.6 Å². The summed E-state index contributed by atoms with van der Waals surface area (Å²) in [5, 5.41) is 0.691. The van der Waals surface area contributed by atoms with Crippen molar-refractivity contribution < 1.29 is 9.18 Å². The highest BCUT2D eigenvalue weighted by Gasteiger charge is 2.54. The minimum atomic E-state index is -0.435. The summed E-state index contributed by atoms with van der Waals surface area (Å²) in [5.41, 5.74) is 1.05. The summed E-state index contributed by atoms with van der Waals surface area (Å²) in [4.78, 5) is 27.9. The monoisotopic (exact) mass is 405 g/mol. The molecule has 5 rings (SSSR count). The van der Waals surface area contributed by atoms with Crippen molar-refractivity contribution in [2.24, 2.45) is 5.41 Å². The molecule has 3 aliphatic heterocycles. The van der Waals surface area contributed by atoms with Gasteiger partial charge in [0.25, 0.3) is 0 Å². The molecule has 0 saturated carbocycles. The van der Waals surface area contributed by atoms with E-state index in [2.05, 4.69) is 9.97 Å². The first kappa shape index (κ1) is 17.1. The Bertz CT molecular complexity index is 897. The highest BCUT2D eigenvalue weighted by atomic mass is 35.5. The fourth-order valence-corrected chi connectivity index (χ4v) is 5.30. The van der Waals surface area contributed by atoms with Crippen LogP contribution in [0, 0.1) is 11.2 Å². The first-order valence-corrected chi connectivity index (χ1v) is 10.1. The number of benzene rings is 1. The average molecular weight is 406 g/mol. The van der Waals surface area contributed by atoms with E-state index < -0.39 is 5.82 Å². The van der Waals surface area contributed by atoms with E-state index in [1.54, 1.807) is 11.8 Å². The van der Waals surface area contributed by atoms with Gasteiger partial charge in [0.2, 0.25) is 5.95 Å². The van der Waals surface area contributed by atoms with Gasteiger partial charge in [-0.05, 0) is 18.2 Å². The van der Waals surface area contributed by atoms with E-state index in [1.807, 2.05) is 32.9 Å². The van der Waals surface area contributed by atoms with Crippen LogP contribution in [0.5, 0.6) is 0 Å². The van der Waals surface area contributed by atoms with E-state index in [9.17, 15) is 9.18 Å². The predicted molar refractivity (Wildman–Crippen MR) is 103 cm³/mol. The zero-order valence-corrected chi connectivity index (χ0v) is 16.0. The van der Waals surface area contributed by atoms with Gasteiger partial charge in [-0.2, -0.15) is 0 Å². The highest BCUT2D eigenvalue weighted by Crippen LogP contribution is 2.43. The molecule has 2 amide bonds. The van der Waals surface area contributed by atoms with Gasteiger partial charge in [-0.25, -0.2) is 19.2 Å². The van der Waals surface area contributed by atoms with Crippen molar-refractivity contribution in [3.8, 4) is 0 Å². The normalized spacial score (nSPS) is 20.1. The van der Waals surface area contributed by atoms with Gasteiger partial charge < -0.3 is 9.80 Å². The Kier molecular flexibility index (Phi) is 3.94. The SMILES string of the molecule is O=C(N1CC2(C1)CN(c1ncc(F)cn1)C2)N1CCSc2cc(Cl)ccc21. The van der Waals surface area contributed by atoms with Crippen molar-refractivity contribution in [3.63, 3.8) is 0 Å². The Hall–Kier alpha value is -2.06. The van der Waals surface area contributed by atoms with E-state index in [0.717, 1.165) is 42.5 Å². The number of likely N-dealkylation sites (tertiary alicyclic amines) is 1. The molecule has 6 nitrogen and oxygen atoms in total. The zero-order valence-electron chi connectivity index (χ0n) is 14.4. The highest BCUT2D eigenvalue weighted by molar-refractivity contribution is 7.99. The lowest BCUT2D eigenvalue weighted by Gasteiger charge is -2.60. The van der Waals surface area contributed by atoms with Gasteiger partial charge in [-0.15, -0.1) is 11.8 Å². The van der Waals surface area contributed by atoms with Crippen LogP contribution in [-0.4, -0.2) is 59.4 Å². The summed E-state index contributed by atoms with van der Waals surface area (Å²) in [5.74, 6) is 0.981. The summed E-state index contributed by atoms with van der Waals surface area (Å²) in [7, 11) is 0. The van der Waals surface area contributed by atoms with Gasteiger partial charge in [0, 0.05) is 53.8 Å². The summed E-state index contributed by atoms with van der Waals surface area (Å²) >= 11 is 7.81. The molecule has 9 heteroatoms.